The molecule has 3 aromatic rings. The van der Waals surface area contributed by atoms with E-state index in [1.165, 1.54) is 11.8 Å². The number of aryl methyl sites for hydroxylation is 1. The number of rotatable bonds is 4. The maximum absolute atomic E-state index is 12.3. The number of carbonyl (C=O) groups is 1. The van der Waals surface area contributed by atoms with Gasteiger partial charge in [-0.15, -0.1) is 5.10 Å². The summed E-state index contributed by atoms with van der Waals surface area (Å²) in [7, 11) is 3.22. The molecule has 0 atom stereocenters. The molecule has 2 heterocycles. The van der Waals surface area contributed by atoms with Gasteiger partial charge < -0.3 is 10.1 Å². The molecule has 0 bridgehead atoms. The molecule has 0 saturated heterocycles. The molecule has 3 rings (SSSR count). The van der Waals surface area contributed by atoms with Crippen LogP contribution in [0.5, 0.6) is 5.88 Å². The third kappa shape index (κ3) is 2.69. The second kappa shape index (κ2) is 5.72. The van der Waals surface area contributed by atoms with Crippen molar-refractivity contribution in [1.82, 2.24) is 20.0 Å². The second-order valence-electron chi connectivity index (χ2n) is 4.73. The van der Waals surface area contributed by atoms with Crippen molar-refractivity contribution in [2.75, 3.05) is 12.4 Å². The molecule has 112 valence electrons. The van der Waals surface area contributed by atoms with Crippen molar-refractivity contribution in [3.63, 3.8) is 0 Å². The van der Waals surface area contributed by atoms with Crippen LogP contribution in [0.3, 0.4) is 0 Å². The van der Waals surface area contributed by atoms with Gasteiger partial charge in [-0.3, -0.25) is 14.6 Å². The van der Waals surface area contributed by atoms with Gasteiger partial charge in [-0.25, -0.2) is 0 Å². The van der Waals surface area contributed by atoms with Gasteiger partial charge >= 0.3 is 0 Å². The molecule has 0 spiro atoms. The molecule has 0 aliphatic carbocycles. The molecule has 1 aromatic carbocycles. The highest BCUT2D eigenvalue weighted by Gasteiger charge is 2.16. The lowest BCUT2D eigenvalue weighted by atomic mass is 10.1. The zero-order valence-corrected chi connectivity index (χ0v) is 12.2. The summed E-state index contributed by atoms with van der Waals surface area (Å²) >= 11 is 0. The Morgan fingerprint density at radius 1 is 1.36 bits per heavy atom. The van der Waals surface area contributed by atoms with Crippen LogP contribution >= 0.6 is 0 Å². The van der Waals surface area contributed by atoms with Crippen LogP contribution in [0.15, 0.2) is 42.7 Å². The second-order valence-corrected chi connectivity index (χ2v) is 4.73. The smallest absolute Gasteiger partial charge is 0.262 e. The number of H-pyrrole nitrogens is 1. The Kier molecular flexibility index (Phi) is 3.61. The molecule has 7 nitrogen and oxygen atoms in total. The van der Waals surface area contributed by atoms with E-state index >= 15 is 0 Å². The van der Waals surface area contributed by atoms with Gasteiger partial charge in [0.1, 0.15) is 5.56 Å². The zero-order valence-electron chi connectivity index (χ0n) is 12.2. The number of hydrogen-bond donors (Lipinski definition) is 2. The quantitative estimate of drug-likeness (QED) is 0.772. The average molecular weight is 297 g/mol. The predicted molar refractivity (Wildman–Crippen MR) is 81.7 cm³/mol. The number of nitrogens with zero attached hydrogens (tertiary/aromatic N) is 3. The number of ether oxygens (including phenoxy) is 1. The Hall–Kier alpha value is -3.09. The summed E-state index contributed by atoms with van der Waals surface area (Å²) in [5, 5.41) is 13.7. The largest absolute Gasteiger partial charge is 0.479 e. The highest BCUT2D eigenvalue weighted by atomic mass is 16.5. The van der Waals surface area contributed by atoms with Crippen LogP contribution < -0.4 is 10.1 Å². The van der Waals surface area contributed by atoms with E-state index in [-0.39, 0.29) is 5.91 Å². The number of carbonyl (C=O) groups excluding carboxylic acids is 1. The number of methoxy groups -OCH3 is 1. The van der Waals surface area contributed by atoms with Crippen molar-refractivity contribution in [1.29, 1.82) is 0 Å². The van der Waals surface area contributed by atoms with Gasteiger partial charge in [0, 0.05) is 30.7 Å². The highest BCUT2D eigenvalue weighted by molar-refractivity contribution is 6.05. The van der Waals surface area contributed by atoms with Crippen molar-refractivity contribution in [2.24, 2.45) is 7.05 Å². The molecule has 0 radical (unpaired) electrons. The summed E-state index contributed by atoms with van der Waals surface area (Å²) in [5.41, 5.74) is 2.89. The van der Waals surface area contributed by atoms with Crippen LogP contribution in [-0.2, 0) is 7.05 Å². The average Bonchev–Trinajstić information content (AvgIpc) is 3.16. The van der Waals surface area contributed by atoms with Crippen LogP contribution in [0.2, 0.25) is 0 Å². The zero-order chi connectivity index (χ0) is 15.5. The first-order valence-corrected chi connectivity index (χ1v) is 6.66. The van der Waals surface area contributed by atoms with Crippen LogP contribution in [0.1, 0.15) is 10.4 Å². The number of aromatic amines is 1. The molecule has 0 unspecified atom stereocenters. The van der Waals surface area contributed by atoms with Crippen LogP contribution in [-0.4, -0.2) is 33.0 Å². The molecule has 7 heteroatoms. The summed E-state index contributed by atoms with van der Waals surface area (Å²) in [5.74, 6) is 0.0245. The molecule has 0 saturated carbocycles. The number of amides is 1. The molecule has 0 aliphatic rings. The van der Waals surface area contributed by atoms with Crippen LogP contribution in [0.4, 0.5) is 5.69 Å². The van der Waals surface area contributed by atoms with Crippen molar-refractivity contribution in [2.45, 2.75) is 0 Å². The maximum atomic E-state index is 12.3. The molecular formula is C15H15N5O2. The van der Waals surface area contributed by atoms with E-state index in [2.05, 4.69) is 20.6 Å². The number of anilines is 1. The summed E-state index contributed by atoms with van der Waals surface area (Å²) in [4.78, 5) is 12.3. The maximum Gasteiger partial charge on any atom is 0.262 e. The summed E-state index contributed by atoms with van der Waals surface area (Å²) in [6.07, 6.45) is 3.30. The van der Waals surface area contributed by atoms with E-state index < -0.39 is 0 Å². The van der Waals surface area contributed by atoms with E-state index in [0.717, 1.165) is 11.3 Å². The molecule has 2 N–H and O–H groups in total. The first kappa shape index (κ1) is 13.9. The molecule has 22 heavy (non-hydrogen) atoms. The minimum Gasteiger partial charge on any atom is -0.479 e. The third-order valence-electron chi connectivity index (χ3n) is 3.17. The highest BCUT2D eigenvalue weighted by Crippen LogP contribution is 2.22. The van der Waals surface area contributed by atoms with Gasteiger partial charge in [0.05, 0.1) is 12.8 Å². The van der Waals surface area contributed by atoms with Gasteiger partial charge in [-0.1, -0.05) is 12.1 Å². The molecule has 2 aromatic heterocycles. The third-order valence-corrected chi connectivity index (χ3v) is 3.17. The minimum atomic E-state index is -0.272. The molecule has 1 amide bonds. The fourth-order valence-corrected chi connectivity index (χ4v) is 2.15. The van der Waals surface area contributed by atoms with Crippen molar-refractivity contribution in [3.8, 4) is 17.1 Å². The SMILES string of the molecule is COc1nn(C)cc1C(=O)Nc1cccc(-c2ccn[nH]2)c1. The lowest BCUT2D eigenvalue weighted by Crippen LogP contribution is -2.12. The standard InChI is InChI=1S/C15H15N5O2/c1-20-9-12(15(19-20)22-2)14(21)17-11-5-3-4-10(8-11)13-6-7-16-18-13/h3-9H,1-2H3,(H,16,18)(H,17,21). The fourth-order valence-electron chi connectivity index (χ4n) is 2.15. The van der Waals surface area contributed by atoms with Gasteiger partial charge in [0.25, 0.3) is 5.91 Å². The normalized spacial score (nSPS) is 10.5. The minimum absolute atomic E-state index is 0.272. The van der Waals surface area contributed by atoms with E-state index in [1.54, 1.807) is 19.4 Å². The van der Waals surface area contributed by atoms with Gasteiger partial charge in [0.15, 0.2) is 0 Å². The Balaban J connectivity index is 1.84. The molecular weight excluding hydrogens is 282 g/mol. The summed E-state index contributed by atoms with van der Waals surface area (Å²) in [6, 6.07) is 9.36. The topological polar surface area (TPSA) is 84.8 Å². The summed E-state index contributed by atoms with van der Waals surface area (Å²) in [6.45, 7) is 0. The van der Waals surface area contributed by atoms with Crippen LogP contribution in [0.25, 0.3) is 11.3 Å². The first-order chi connectivity index (χ1) is 10.7. The van der Waals surface area contributed by atoms with Gasteiger partial charge in [-0.05, 0) is 18.2 Å². The van der Waals surface area contributed by atoms with Crippen LogP contribution in [0, 0.1) is 0 Å². The van der Waals surface area contributed by atoms with Crippen molar-refractivity contribution in [3.05, 3.63) is 48.3 Å². The Morgan fingerprint density at radius 3 is 2.95 bits per heavy atom. The van der Waals surface area contributed by atoms with Crippen molar-refractivity contribution < 1.29 is 9.53 Å². The Labute approximate surface area is 126 Å². The number of benzene rings is 1. The molecule has 0 aliphatic heterocycles. The van der Waals surface area contributed by atoms with E-state index in [0.29, 0.717) is 17.1 Å². The fraction of sp³-hybridized carbons (Fsp3) is 0.133. The Bertz CT molecular complexity index is 792. The Morgan fingerprint density at radius 2 is 2.23 bits per heavy atom. The lowest BCUT2D eigenvalue weighted by molar-refractivity contribution is 0.102. The lowest BCUT2D eigenvalue weighted by Gasteiger charge is -2.06. The first-order valence-electron chi connectivity index (χ1n) is 6.66. The summed E-state index contributed by atoms with van der Waals surface area (Å²) < 4.78 is 6.64. The number of hydrogen-bond acceptors (Lipinski definition) is 4. The molecule has 0 fully saturated rings. The van der Waals surface area contributed by atoms with E-state index in [1.807, 2.05) is 30.3 Å². The van der Waals surface area contributed by atoms with Gasteiger partial charge in [0.2, 0.25) is 5.88 Å². The van der Waals surface area contributed by atoms with Crippen molar-refractivity contribution >= 4 is 11.6 Å². The van der Waals surface area contributed by atoms with E-state index in [9.17, 15) is 4.79 Å². The van der Waals surface area contributed by atoms with E-state index in [4.69, 9.17) is 4.74 Å². The monoisotopic (exact) mass is 297 g/mol. The predicted octanol–water partition coefficient (Wildman–Crippen LogP) is 2.07. The number of nitrogens with one attached hydrogen (secondary N) is 2. The van der Waals surface area contributed by atoms with Gasteiger partial charge in [-0.2, -0.15) is 5.10 Å². The number of aromatic nitrogens is 4.